The average Bonchev–Trinajstić information content (AvgIpc) is 1.84. The molecule has 0 fully saturated rings. The molecule has 0 unspecified atom stereocenters. The number of carbonyl (C=O) groups is 1. The SMILES string of the molecule is CC(C)CN(C)C(=O)[C@H](C)N. The predicted molar refractivity (Wildman–Crippen MR) is 46.1 cm³/mol. The highest BCUT2D eigenvalue weighted by Crippen LogP contribution is 1.97. The van der Waals surface area contributed by atoms with Crippen molar-refractivity contribution in [1.29, 1.82) is 0 Å². The van der Waals surface area contributed by atoms with Gasteiger partial charge in [-0.3, -0.25) is 4.79 Å². The van der Waals surface area contributed by atoms with Gasteiger partial charge in [-0.1, -0.05) is 13.8 Å². The van der Waals surface area contributed by atoms with Gasteiger partial charge in [-0.2, -0.15) is 0 Å². The van der Waals surface area contributed by atoms with Crippen LogP contribution in [0.15, 0.2) is 0 Å². The van der Waals surface area contributed by atoms with E-state index < -0.39 is 0 Å². The second kappa shape index (κ2) is 4.34. The fraction of sp³-hybridized carbons (Fsp3) is 0.875. The highest BCUT2D eigenvalue weighted by atomic mass is 16.2. The van der Waals surface area contributed by atoms with Gasteiger partial charge in [-0.25, -0.2) is 0 Å². The zero-order valence-corrected chi connectivity index (χ0v) is 7.79. The third-order valence-electron chi connectivity index (χ3n) is 1.40. The van der Waals surface area contributed by atoms with Crippen molar-refractivity contribution in [3.63, 3.8) is 0 Å². The maximum Gasteiger partial charge on any atom is 0.238 e. The number of nitrogens with two attached hydrogens (primary N) is 1. The molecule has 0 saturated carbocycles. The summed E-state index contributed by atoms with van der Waals surface area (Å²) in [6.45, 7) is 6.63. The Morgan fingerprint density at radius 2 is 1.91 bits per heavy atom. The lowest BCUT2D eigenvalue weighted by molar-refractivity contribution is -0.131. The molecule has 3 nitrogen and oxygen atoms in total. The van der Waals surface area contributed by atoms with Crippen LogP contribution in [0.2, 0.25) is 0 Å². The second-order valence-electron chi connectivity index (χ2n) is 3.40. The number of hydrogen-bond acceptors (Lipinski definition) is 2. The van der Waals surface area contributed by atoms with E-state index in [-0.39, 0.29) is 11.9 Å². The van der Waals surface area contributed by atoms with Crippen LogP contribution in [0.3, 0.4) is 0 Å². The number of hydrogen-bond donors (Lipinski definition) is 1. The van der Waals surface area contributed by atoms with Crippen LogP contribution in [0, 0.1) is 5.92 Å². The Morgan fingerprint density at radius 3 is 2.18 bits per heavy atom. The summed E-state index contributed by atoms with van der Waals surface area (Å²) in [4.78, 5) is 12.9. The highest BCUT2D eigenvalue weighted by Gasteiger charge is 2.13. The fourth-order valence-corrected chi connectivity index (χ4v) is 0.985. The predicted octanol–water partition coefficient (Wildman–Crippen LogP) is 0.448. The Bertz CT molecular complexity index is 132. The molecule has 0 heterocycles. The third-order valence-corrected chi connectivity index (χ3v) is 1.40. The summed E-state index contributed by atoms with van der Waals surface area (Å²) in [6.07, 6.45) is 0. The van der Waals surface area contributed by atoms with Crippen molar-refractivity contribution in [2.75, 3.05) is 13.6 Å². The Hall–Kier alpha value is -0.570. The van der Waals surface area contributed by atoms with Crippen LogP contribution < -0.4 is 5.73 Å². The molecule has 0 saturated heterocycles. The van der Waals surface area contributed by atoms with E-state index in [4.69, 9.17) is 5.73 Å². The Balaban J connectivity index is 3.83. The summed E-state index contributed by atoms with van der Waals surface area (Å²) in [7, 11) is 1.78. The molecule has 0 aromatic carbocycles. The molecule has 3 heteroatoms. The zero-order chi connectivity index (χ0) is 9.02. The molecule has 1 amide bonds. The van der Waals surface area contributed by atoms with Crippen molar-refractivity contribution in [3.8, 4) is 0 Å². The molecule has 2 N–H and O–H groups in total. The van der Waals surface area contributed by atoms with Gasteiger partial charge >= 0.3 is 0 Å². The molecule has 0 radical (unpaired) electrons. The monoisotopic (exact) mass is 158 g/mol. The van der Waals surface area contributed by atoms with Gasteiger partial charge in [-0.15, -0.1) is 0 Å². The second-order valence-corrected chi connectivity index (χ2v) is 3.40. The standard InChI is InChI=1S/C8H18N2O/c1-6(2)5-10(4)8(11)7(3)9/h6-7H,5,9H2,1-4H3/t7-/m0/s1. The molecule has 0 aliphatic rings. The molecule has 0 aliphatic heterocycles. The minimum absolute atomic E-state index is 0.0127. The van der Waals surface area contributed by atoms with Gasteiger partial charge in [0.1, 0.15) is 0 Å². The van der Waals surface area contributed by atoms with E-state index in [9.17, 15) is 4.79 Å². The summed E-state index contributed by atoms with van der Waals surface area (Å²) >= 11 is 0. The normalized spacial score (nSPS) is 13.3. The molecule has 0 aliphatic carbocycles. The molecule has 0 aromatic rings. The first kappa shape index (κ1) is 10.4. The first-order valence-electron chi connectivity index (χ1n) is 3.95. The zero-order valence-electron chi connectivity index (χ0n) is 7.79. The van der Waals surface area contributed by atoms with Gasteiger partial charge in [0, 0.05) is 13.6 Å². The van der Waals surface area contributed by atoms with Gasteiger partial charge in [0.2, 0.25) is 5.91 Å². The quantitative estimate of drug-likeness (QED) is 0.648. The van der Waals surface area contributed by atoms with E-state index in [1.54, 1.807) is 18.9 Å². The molecule has 0 bridgehead atoms. The van der Waals surface area contributed by atoms with Crippen molar-refractivity contribution < 1.29 is 4.79 Å². The van der Waals surface area contributed by atoms with Crippen molar-refractivity contribution >= 4 is 5.91 Å². The molecule has 0 aromatic heterocycles. The van der Waals surface area contributed by atoms with Crippen molar-refractivity contribution in [1.82, 2.24) is 4.90 Å². The van der Waals surface area contributed by atoms with Crippen LogP contribution in [-0.2, 0) is 4.79 Å². The van der Waals surface area contributed by atoms with Crippen molar-refractivity contribution in [2.24, 2.45) is 11.7 Å². The molecule has 11 heavy (non-hydrogen) atoms. The van der Waals surface area contributed by atoms with E-state index in [1.807, 2.05) is 0 Å². The Morgan fingerprint density at radius 1 is 1.45 bits per heavy atom. The number of nitrogens with zero attached hydrogens (tertiary/aromatic N) is 1. The largest absolute Gasteiger partial charge is 0.344 e. The first-order valence-corrected chi connectivity index (χ1v) is 3.95. The van der Waals surface area contributed by atoms with Crippen LogP contribution in [0.1, 0.15) is 20.8 Å². The molecule has 0 rings (SSSR count). The summed E-state index contributed by atoms with van der Waals surface area (Å²) in [5, 5.41) is 0. The number of carbonyl (C=O) groups excluding carboxylic acids is 1. The van der Waals surface area contributed by atoms with E-state index in [0.717, 1.165) is 6.54 Å². The Labute approximate surface area is 68.6 Å². The van der Waals surface area contributed by atoms with E-state index in [2.05, 4.69) is 13.8 Å². The minimum atomic E-state index is -0.376. The van der Waals surface area contributed by atoms with Crippen LogP contribution in [0.4, 0.5) is 0 Å². The van der Waals surface area contributed by atoms with Gasteiger partial charge in [0.15, 0.2) is 0 Å². The Kier molecular flexibility index (Phi) is 4.11. The molecule has 66 valence electrons. The summed E-state index contributed by atoms with van der Waals surface area (Å²) in [5.41, 5.74) is 5.42. The smallest absolute Gasteiger partial charge is 0.238 e. The topological polar surface area (TPSA) is 46.3 Å². The molecular formula is C8H18N2O. The maximum absolute atomic E-state index is 11.2. The molecule has 0 spiro atoms. The van der Waals surface area contributed by atoms with Gasteiger partial charge in [0.25, 0.3) is 0 Å². The lowest BCUT2D eigenvalue weighted by Crippen LogP contribution is -2.41. The average molecular weight is 158 g/mol. The highest BCUT2D eigenvalue weighted by molar-refractivity contribution is 5.80. The van der Waals surface area contributed by atoms with E-state index in [1.165, 1.54) is 0 Å². The van der Waals surface area contributed by atoms with Crippen LogP contribution in [0.25, 0.3) is 0 Å². The maximum atomic E-state index is 11.2. The number of rotatable bonds is 3. The van der Waals surface area contributed by atoms with Crippen LogP contribution >= 0.6 is 0 Å². The molecule has 1 atom stereocenters. The summed E-state index contributed by atoms with van der Waals surface area (Å²) < 4.78 is 0. The van der Waals surface area contributed by atoms with Crippen LogP contribution in [0.5, 0.6) is 0 Å². The number of likely N-dealkylation sites (N-methyl/N-ethyl adjacent to an activating group) is 1. The lowest BCUT2D eigenvalue weighted by atomic mass is 10.2. The van der Waals surface area contributed by atoms with Crippen LogP contribution in [-0.4, -0.2) is 30.4 Å². The van der Waals surface area contributed by atoms with Gasteiger partial charge in [-0.05, 0) is 12.8 Å². The first-order chi connectivity index (χ1) is 4.95. The lowest BCUT2D eigenvalue weighted by Gasteiger charge is -2.20. The summed E-state index contributed by atoms with van der Waals surface area (Å²) in [5.74, 6) is 0.515. The van der Waals surface area contributed by atoms with Gasteiger partial charge < -0.3 is 10.6 Å². The number of amides is 1. The fourth-order valence-electron chi connectivity index (χ4n) is 0.985. The van der Waals surface area contributed by atoms with Crippen molar-refractivity contribution in [3.05, 3.63) is 0 Å². The van der Waals surface area contributed by atoms with Gasteiger partial charge in [0.05, 0.1) is 6.04 Å². The van der Waals surface area contributed by atoms with E-state index in [0.29, 0.717) is 5.92 Å². The third kappa shape index (κ3) is 3.98. The summed E-state index contributed by atoms with van der Waals surface area (Å²) in [6, 6.07) is -0.376. The van der Waals surface area contributed by atoms with Crippen molar-refractivity contribution in [2.45, 2.75) is 26.8 Å². The molecular weight excluding hydrogens is 140 g/mol. The minimum Gasteiger partial charge on any atom is -0.344 e. The van der Waals surface area contributed by atoms with E-state index >= 15 is 0 Å².